The first-order chi connectivity index (χ1) is 6.42. The van der Waals surface area contributed by atoms with Crippen LogP contribution in [-0.2, 0) is 11.2 Å². The van der Waals surface area contributed by atoms with E-state index in [0.717, 1.165) is 6.61 Å². The van der Waals surface area contributed by atoms with Crippen LogP contribution in [0.1, 0.15) is 17.0 Å². The minimum absolute atomic E-state index is 0.614. The van der Waals surface area contributed by atoms with Crippen molar-refractivity contribution in [2.75, 3.05) is 19.8 Å². The van der Waals surface area contributed by atoms with Crippen LogP contribution in [0.4, 0.5) is 0 Å². The summed E-state index contributed by atoms with van der Waals surface area (Å²) in [6.45, 7) is 2.13. The molecule has 70 valence electrons. The third-order valence-electron chi connectivity index (χ3n) is 2.54. The monoisotopic (exact) mass is 177 g/mol. The summed E-state index contributed by atoms with van der Waals surface area (Å²) >= 11 is 0. The van der Waals surface area contributed by atoms with Crippen LogP contribution in [-0.4, -0.2) is 19.8 Å². The van der Waals surface area contributed by atoms with E-state index in [1.54, 1.807) is 0 Å². The fourth-order valence-electron chi connectivity index (χ4n) is 1.82. The van der Waals surface area contributed by atoms with Gasteiger partial charge in [-0.2, -0.15) is 0 Å². The van der Waals surface area contributed by atoms with Gasteiger partial charge in [0.1, 0.15) is 0 Å². The molecule has 0 aromatic heterocycles. The van der Waals surface area contributed by atoms with Gasteiger partial charge in [0.2, 0.25) is 0 Å². The van der Waals surface area contributed by atoms with Crippen LogP contribution in [0.5, 0.6) is 0 Å². The van der Waals surface area contributed by atoms with E-state index in [1.807, 2.05) is 0 Å². The van der Waals surface area contributed by atoms with E-state index in [4.69, 9.17) is 10.5 Å². The molecule has 0 amide bonds. The van der Waals surface area contributed by atoms with E-state index >= 15 is 0 Å². The van der Waals surface area contributed by atoms with Gasteiger partial charge < -0.3 is 10.5 Å². The number of rotatable bonds is 4. The van der Waals surface area contributed by atoms with Crippen molar-refractivity contribution < 1.29 is 4.74 Å². The van der Waals surface area contributed by atoms with E-state index in [9.17, 15) is 0 Å². The highest BCUT2D eigenvalue weighted by Gasteiger charge is 2.24. The molecule has 13 heavy (non-hydrogen) atoms. The van der Waals surface area contributed by atoms with Crippen LogP contribution in [0.15, 0.2) is 24.3 Å². The van der Waals surface area contributed by atoms with Gasteiger partial charge in [0.05, 0.1) is 13.2 Å². The average molecular weight is 177 g/mol. The van der Waals surface area contributed by atoms with Gasteiger partial charge in [0.25, 0.3) is 0 Å². The molecule has 0 aliphatic heterocycles. The van der Waals surface area contributed by atoms with Crippen molar-refractivity contribution in [2.45, 2.75) is 12.3 Å². The second-order valence-corrected chi connectivity index (χ2v) is 3.46. The maximum absolute atomic E-state index is 5.42. The molecule has 0 spiro atoms. The summed E-state index contributed by atoms with van der Waals surface area (Å²) in [5.41, 5.74) is 8.28. The predicted molar refractivity (Wildman–Crippen MR) is 52.8 cm³/mol. The fraction of sp³-hybridized carbons (Fsp3) is 0.455. The first kappa shape index (κ1) is 8.73. The smallest absolute Gasteiger partial charge is 0.0589 e. The molecule has 2 heteroatoms. The van der Waals surface area contributed by atoms with Gasteiger partial charge in [0, 0.05) is 12.5 Å². The lowest BCUT2D eigenvalue weighted by Crippen LogP contribution is -2.23. The molecule has 2 nitrogen and oxygen atoms in total. The molecule has 0 saturated heterocycles. The lowest BCUT2D eigenvalue weighted by Gasteiger charge is -2.29. The normalized spacial score (nSPS) is 19.3. The van der Waals surface area contributed by atoms with Gasteiger partial charge in [-0.05, 0) is 17.5 Å². The number of ether oxygens (including phenoxy) is 1. The predicted octanol–water partition coefficient (Wildman–Crippen LogP) is 1.30. The van der Waals surface area contributed by atoms with E-state index in [2.05, 4.69) is 24.3 Å². The van der Waals surface area contributed by atoms with Crippen molar-refractivity contribution in [3.63, 3.8) is 0 Å². The van der Waals surface area contributed by atoms with Crippen LogP contribution in [0.3, 0.4) is 0 Å². The van der Waals surface area contributed by atoms with Crippen molar-refractivity contribution in [3.05, 3.63) is 35.4 Å². The number of benzene rings is 1. The average Bonchev–Trinajstić information content (AvgIpc) is 2.13. The van der Waals surface area contributed by atoms with Gasteiger partial charge in [-0.25, -0.2) is 0 Å². The largest absolute Gasteiger partial charge is 0.379 e. The summed E-state index contributed by atoms with van der Waals surface area (Å²) < 4.78 is 5.42. The standard InChI is InChI=1S/C11H15NO/c12-5-6-13-8-10-7-9-3-1-2-4-11(9)10/h1-4,10H,5-8,12H2. The van der Waals surface area contributed by atoms with Crippen molar-refractivity contribution in [2.24, 2.45) is 5.73 Å². The van der Waals surface area contributed by atoms with Gasteiger partial charge >= 0.3 is 0 Å². The topological polar surface area (TPSA) is 35.2 Å². The Kier molecular flexibility index (Phi) is 2.62. The molecule has 0 bridgehead atoms. The zero-order chi connectivity index (χ0) is 9.10. The summed E-state index contributed by atoms with van der Waals surface area (Å²) in [5, 5.41) is 0. The molecule has 2 rings (SSSR count). The van der Waals surface area contributed by atoms with Crippen LogP contribution in [0.25, 0.3) is 0 Å². The Morgan fingerprint density at radius 2 is 2.23 bits per heavy atom. The van der Waals surface area contributed by atoms with Crippen LogP contribution in [0.2, 0.25) is 0 Å². The van der Waals surface area contributed by atoms with E-state index in [0.29, 0.717) is 19.1 Å². The first-order valence-corrected chi connectivity index (χ1v) is 4.77. The van der Waals surface area contributed by atoms with Crippen LogP contribution in [0, 0.1) is 0 Å². The lowest BCUT2D eigenvalue weighted by atomic mass is 9.78. The van der Waals surface area contributed by atoms with Crippen LogP contribution < -0.4 is 5.73 Å². The Balaban J connectivity index is 1.87. The molecule has 0 saturated carbocycles. The minimum Gasteiger partial charge on any atom is -0.379 e. The summed E-state index contributed by atoms with van der Waals surface area (Å²) in [4.78, 5) is 0. The van der Waals surface area contributed by atoms with Gasteiger partial charge in [-0.3, -0.25) is 0 Å². The Morgan fingerprint density at radius 3 is 3.00 bits per heavy atom. The number of hydrogen-bond acceptors (Lipinski definition) is 2. The van der Waals surface area contributed by atoms with Gasteiger partial charge in [-0.1, -0.05) is 24.3 Å². The molecule has 2 N–H and O–H groups in total. The second-order valence-electron chi connectivity index (χ2n) is 3.46. The zero-order valence-electron chi connectivity index (χ0n) is 7.70. The molecule has 1 aliphatic carbocycles. The van der Waals surface area contributed by atoms with Crippen molar-refractivity contribution in [1.82, 2.24) is 0 Å². The molecule has 0 fully saturated rings. The van der Waals surface area contributed by atoms with Crippen molar-refractivity contribution in [1.29, 1.82) is 0 Å². The molecule has 1 aliphatic rings. The third-order valence-corrected chi connectivity index (χ3v) is 2.54. The summed E-state index contributed by atoms with van der Waals surface area (Å²) in [6.07, 6.45) is 1.17. The molecule has 1 aromatic rings. The van der Waals surface area contributed by atoms with Gasteiger partial charge in [0.15, 0.2) is 0 Å². The second kappa shape index (κ2) is 3.90. The summed E-state index contributed by atoms with van der Waals surface area (Å²) in [6, 6.07) is 8.56. The van der Waals surface area contributed by atoms with Crippen LogP contribution >= 0.6 is 0 Å². The number of fused-ring (bicyclic) bond motifs is 1. The molecule has 0 radical (unpaired) electrons. The maximum Gasteiger partial charge on any atom is 0.0589 e. The Morgan fingerprint density at radius 1 is 1.38 bits per heavy atom. The number of nitrogens with two attached hydrogens (primary N) is 1. The minimum atomic E-state index is 0.614. The zero-order valence-corrected chi connectivity index (χ0v) is 7.70. The van der Waals surface area contributed by atoms with Gasteiger partial charge in [-0.15, -0.1) is 0 Å². The highest BCUT2D eigenvalue weighted by atomic mass is 16.5. The molecule has 1 unspecified atom stereocenters. The fourth-order valence-corrected chi connectivity index (χ4v) is 1.82. The molecular formula is C11H15NO. The molecule has 1 atom stereocenters. The molecule has 1 aromatic carbocycles. The maximum atomic E-state index is 5.42. The number of hydrogen-bond donors (Lipinski definition) is 1. The first-order valence-electron chi connectivity index (χ1n) is 4.77. The van der Waals surface area contributed by atoms with E-state index in [-0.39, 0.29) is 0 Å². The Labute approximate surface area is 78.7 Å². The quantitative estimate of drug-likeness (QED) is 0.704. The third kappa shape index (κ3) is 1.74. The van der Waals surface area contributed by atoms with E-state index < -0.39 is 0 Å². The Hall–Kier alpha value is -0.860. The summed E-state index contributed by atoms with van der Waals surface area (Å²) in [7, 11) is 0. The molecule has 0 heterocycles. The van der Waals surface area contributed by atoms with E-state index in [1.165, 1.54) is 17.5 Å². The molecular weight excluding hydrogens is 162 g/mol. The van der Waals surface area contributed by atoms with Crippen molar-refractivity contribution in [3.8, 4) is 0 Å². The summed E-state index contributed by atoms with van der Waals surface area (Å²) in [5.74, 6) is 0.614. The Bertz CT molecular complexity index is 285. The highest BCUT2D eigenvalue weighted by molar-refractivity contribution is 5.39. The lowest BCUT2D eigenvalue weighted by molar-refractivity contribution is 0.121. The van der Waals surface area contributed by atoms with Crippen molar-refractivity contribution >= 4 is 0 Å². The SMILES string of the molecule is NCCOCC1Cc2ccccc21. The highest BCUT2D eigenvalue weighted by Crippen LogP contribution is 2.34.